The van der Waals surface area contributed by atoms with E-state index in [0.717, 1.165) is 31.4 Å². The molecule has 30 heavy (non-hydrogen) atoms. The number of hydrogen-bond donors (Lipinski definition) is 2. The summed E-state index contributed by atoms with van der Waals surface area (Å²) >= 11 is 0. The van der Waals surface area contributed by atoms with Gasteiger partial charge in [0.15, 0.2) is 0 Å². The first kappa shape index (κ1) is 22.1. The standard InChI is InChI=1S/C20H22F3N3O3S/c21-20(22,23)15-6-4-7-16(12-15)24-14-19(27)25-17-8-5-9-18(13-17)30(28,29)26-10-2-1-3-11-26/h4-9,12-13,24H,1-3,10-11,14H2,(H,25,27). The van der Waals surface area contributed by atoms with Crippen molar-refractivity contribution >= 4 is 27.3 Å². The van der Waals surface area contributed by atoms with E-state index in [1.165, 1.54) is 34.6 Å². The van der Waals surface area contributed by atoms with Crippen molar-refractivity contribution < 1.29 is 26.4 Å². The van der Waals surface area contributed by atoms with Crippen molar-refractivity contribution in [2.45, 2.75) is 30.3 Å². The summed E-state index contributed by atoms with van der Waals surface area (Å²) in [5, 5.41) is 5.20. The number of piperidine rings is 1. The van der Waals surface area contributed by atoms with E-state index in [9.17, 15) is 26.4 Å². The van der Waals surface area contributed by atoms with Crippen LogP contribution in [-0.2, 0) is 21.0 Å². The third-order valence-corrected chi connectivity index (χ3v) is 6.61. The first-order valence-electron chi connectivity index (χ1n) is 9.47. The minimum atomic E-state index is -4.47. The average Bonchev–Trinajstić information content (AvgIpc) is 2.73. The lowest BCUT2D eigenvalue weighted by Gasteiger charge is -2.26. The third-order valence-electron chi connectivity index (χ3n) is 4.71. The Kier molecular flexibility index (Phi) is 6.67. The quantitative estimate of drug-likeness (QED) is 0.712. The Bertz CT molecular complexity index is 1000. The fourth-order valence-electron chi connectivity index (χ4n) is 3.18. The fraction of sp³-hybridized carbons (Fsp3) is 0.350. The summed E-state index contributed by atoms with van der Waals surface area (Å²) in [4.78, 5) is 12.3. The molecule has 10 heteroatoms. The van der Waals surface area contributed by atoms with Gasteiger partial charge in [-0.25, -0.2) is 8.42 Å². The van der Waals surface area contributed by atoms with E-state index >= 15 is 0 Å². The zero-order valence-corrected chi connectivity index (χ0v) is 16.9. The Labute approximate surface area is 173 Å². The molecule has 0 saturated carbocycles. The Morgan fingerprint density at radius 3 is 2.33 bits per heavy atom. The largest absolute Gasteiger partial charge is 0.416 e. The lowest BCUT2D eigenvalue weighted by atomic mass is 10.2. The molecule has 2 aromatic rings. The van der Waals surface area contributed by atoms with Crippen LogP contribution in [0.2, 0.25) is 0 Å². The van der Waals surface area contributed by atoms with Gasteiger partial charge in [-0.05, 0) is 49.2 Å². The predicted molar refractivity (Wildman–Crippen MR) is 108 cm³/mol. The molecule has 0 unspecified atom stereocenters. The zero-order chi connectivity index (χ0) is 21.8. The molecule has 0 spiro atoms. The highest BCUT2D eigenvalue weighted by atomic mass is 32.2. The zero-order valence-electron chi connectivity index (χ0n) is 16.1. The van der Waals surface area contributed by atoms with E-state index in [1.54, 1.807) is 6.07 Å². The second-order valence-electron chi connectivity index (χ2n) is 6.97. The Hall–Kier alpha value is -2.59. The number of nitrogens with zero attached hydrogens (tertiary/aromatic N) is 1. The highest BCUT2D eigenvalue weighted by Gasteiger charge is 2.30. The van der Waals surface area contributed by atoms with Crippen LogP contribution in [0.1, 0.15) is 24.8 Å². The molecule has 3 rings (SSSR count). The number of nitrogens with one attached hydrogen (secondary N) is 2. The fourth-order valence-corrected chi connectivity index (χ4v) is 4.75. The van der Waals surface area contributed by atoms with Gasteiger partial charge < -0.3 is 10.6 Å². The molecule has 0 atom stereocenters. The molecule has 0 aliphatic carbocycles. The number of hydrogen-bond acceptors (Lipinski definition) is 4. The van der Waals surface area contributed by atoms with Gasteiger partial charge in [-0.3, -0.25) is 4.79 Å². The summed E-state index contributed by atoms with van der Waals surface area (Å²) in [6.45, 7) is 0.671. The molecule has 1 heterocycles. The van der Waals surface area contributed by atoms with Crippen molar-refractivity contribution in [3.05, 3.63) is 54.1 Å². The number of halogens is 3. The van der Waals surface area contributed by atoms with Crippen LogP contribution in [0.3, 0.4) is 0 Å². The molecule has 162 valence electrons. The molecule has 1 aliphatic heterocycles. The van der Waals surface area contributed by atoms with Gasteiger partial charge in [-0.2, -0.15) is 17.5 Å². The molecule has 0 aromatic heterocycles. The highest BCUT2D eigenvalue weighted by molar-refractivity contribution is 7.89. The number of carbonyl (C=O) groups excluding carboxylic acids is 1. The maximum Gasteiger partial charge on any atom is 0.416 e. The molecule has 0 bridgehead atoms. The lowest BCUT2D eigenvalue weighted by Crippen LogP contribution is -2.35. The maximum absolute atomic E-state index is 12.8. The van der Waals surface area contributed by atoms with Crippen LogP contribution in [0.5, 0.6) is 0 Å². The van der Waals surface area contributed by atoms with E-state index in [1.807, 2.05) is 0 Å². The predicted octanol–water partition coefficient (Wildman–Crippen LogP) is 3.93. The summed E-state index contributed by atoms with van der Waals surface area (Å²) in [7, 11) is -3.63. The lowest BCUT2D eigenvalue weighted by molar-refractivity contribution is -0.137. The average molecular weight is 441 g/mol. The van der Waals surface area contributed by atoms with E-state index in [-0.39, 0.29) is 17.1 Å². The number of alkyl halides is 3. The van der Waals surface area contributed by atoms with Gasteiger partial charge in [-0.1, -0.05) is 18.6 Å². The second-order valence-corrected chi connectivity index (χ2v) is 8.91. The SMILES string of the molecule is O=C(CNc1cccc(C(F)(F)F)c1)Nc1cccc(S(=O)(=O)N2CCCCC2)c1. The summed E-state index contributed by atoms with van der Waals surface area (Å²) in [6, 6.07) is 10.5. The Morgan fingerprint density at radius 1 is 0.967 bits per heavy atom. The molecule has 2 aromatic carbocycles. The highest BCUT2D eigenvalue weighted by Crippen LogP contribution is 2.30. The van der Waals surface area contributed by atoms with Crippen molar-refractivity contribution in [1.29, 1.82) is 0 Å². The Morgan fingerprint density at radius 2 is 1.63 bits per heavy atom. The van der Waals surface area contributed by atoms with Crippen molar-refractivity contribution in [2.75, 3.05) is 30.3 Å². The van der Waals surface area contributed by atoms with Crippen LogP contribution in [0.4, 0.5) is 24.5 Å². The van der Waals surface area contributed by atoms with Gasteiger partial charge in [0, 0.05) is 24.5 Å². The van der Waals surface area contributed by atoms with Crippen molar-refractivity contribution in [2.24, 2.45) is 0 Å². The summed E-state index contributed by atoms with van der Waals surface area (Å²) < 4.78 is 65.2. The smallest absolute Gasteiger partial charge is 0.376 e. The minimum absolute atomic E-state index is 0.0908. The maximum atomic E-state index is 12.8. The van der Waals surface area contributed by atoms with Gasteiger partial charge in [0.25, 0.3) is 0 Å². The van der Waals surface area contributed by atoms with Crippen LogP contribution >= 0.6 is 0 Å². The van der Waals surface area contributed by atoms with Crippen LogP contribution in [0.25, 0.3) is 0 Å². The van der Waals surface area contributed by atoms with E-state index < -0.39 is 27.7 Å². The van der Waals surface area contributed by atoms with Crippen LogP contribution < -0.4 is 10.6 Å². The molecule has 1 aliphatic rings. The third kappa shape index (κ3) is 5.51. The second kappa shape index (κ2) is 9.05. The number of carbonyl (C=O) groups is 1. The van der Waals surface area contributed by atoms with Gasteiger partial charge in [0.2, 0.25) is 15.9 Å². The minimum Gasteiger partial charge on any atom is -0.376 e. The number of anilines is 2. The van der Waals surface area contributed by atoms with Gasteiger partial charge in [-0.15, -0.1) is 0 Å². The summed E-state index contributed by atoms with van der Waals surface area (Å²) in [5.74, 6) is -0.514. The topological polar surface area (TPSA) is 78.5 Å². The number of benzene rings is 2. The molecule has 1 amide bonds. The summed E-state index contributed by atoms with van der Waals surface area (Å²) in [5.41, 5.74) is -0.367. The van der Waals surface area contributed by atoms with E-state index in [2.05, 4.69) is 10.6 Å². The van der Waals surface area contributed by atoms with Gasteiger partial charge >= 0.3 is 6.18 Å². The van der Waals surface area contributed by atoms with E-state index in [4.69, 9.17) is 0 Å². The van der Waals surface area contributed by atoms with Crippen LogP contribution in [0.15, 0.2) is 53.4 Å². The van der Waals surface area contributed by atoms with Crippen molar-refractivity contribution in [1.82, 2.24) is 4.31 Å². The molecule has 2 N–H and O–H groups in total. The van der Waals surface area contributed by atoms with Crippen LogP contribution in [-0.4, -0.2) is 38.3 Å². The summed E-state index contributed by atoms with van der Waals surface area (Å²) in [6.07, 6.45) is -1.84. The first-order chi connectivity index (χ1) is 14.2. The van der Waals surface area contributed by atoms with E-state index in [0.29, 0.717) is 18.8 Å². The molecular weight excluding hydrogens is 419 g/mol. The molecule has 6 nitrogen and oxygen atoms in total. The number of sulfonamides is 1. The monoisotopic (exact) mass is 441 g/mol. The Balaban J connectivity index is 1.63. The van der Waals surface area contributed by atoms with Crippen LogP contribution in [0, 0.1) is 0 Å². The molecule has 0 radical (unpaired) electrons. The van der Waals surface area contributed by atoms with Crippen molar-refractivity contribution in [3.8, 4) is 0 Å². The molecule has 1 fully saturated rings. The normalized spacial score (nSPS) is 15.6. The number of amides is 1. The molecular formula is C20H22F3N3O3S. The first-order valence-corrected chi connectivity index (χ1v) is 10.9. The van der Waals surface area contributed by atoms with Gasteiger partial charge in [0.1, 0.15) is 0 Å². The van der Waals surface area contributed by atoms with Gasteiger partial charge in [0.05, 0.1) is 17.0 Å². The van der Waals surface area contributed by atoms with Crippen molar-refractivity contribution in [3.63, 3.8) is 0 Å². The molecule has 1 saturated heterocycles. The number of rotatable bonds is 6.